The van der Waals surface area contributed by atoms with E-state index in [9.17, 15) is 9.90 Å². The summed E-state index contributed by atoms with van der Waals surface area (Å²) in [4.78, 5) is 27.1. The molecular weight excluding hydrogens is 330 g/mol. The molecule has 0 unspecified atom stereocenters. The van der Waals surface area contributed by atoms with Gasteiger partial charge in [-0.05, 0) is 30.5 Å². The van der Waals surface area contributed by atoms with Crippen molar-refractivity contribution in [2.24, 2.45) is 0 Å². The Labute approximate surface area is 150 Å². The molecule has 1 amide bonds. The number of para-hydroxylation sites is 1. The molecule has 0 bridgehead atoms. The molecule has 0 saturated carbocycles. The molecule has 2 aromatic heterocycles. The van der Waals surface area contributed by atoms with Crippen LogP contribution in [-0.2, 0) is 5.41 Å². The van der Waals surface area contributed by atoms with E-state index in [0.29, 0.717) is 13.1 Å². The molecule has 0 radical (unpaired) electrons. The molecular formula is C19H19N5O2. The van der Waals surface area contributed by atoms with Gasteiger partial charge in [-0.15, -0.1) is 0 Å². The van der Waals surface area contributed by atoms with Crippen molar-refractivity contribution >= 4 is 28.6 Å². The highest BCUT2D eigenvalue weighted by molar-refractivity contribution is 5.91. The number of aromatic nitrogens is 3. The van der Waals surface area contributed by atoms with Crippen molar-refractivity contribution in [1.82, 2.24) is 19.9 Å². The highest BCUT2D eigenvalue weighted by Gasteiger charge is 2.46. The van der Waals surface area contributed by atoms with Crippen LogP contribution in [0.5, 0.6) is 0 Å². The summed E-state index contributed by atoms with van der Waals surface area (Å²) in [5, 5.41) is 10.3. The average Bonchev–Trinajstić information content (AvgIpc) is 3.26. The minimum absolute atomic E-state index is 0.0316. The van der Waals surface area contributed by atoms with Crippen molar-refractivity contribution in [2.45, 2.75) is 18.3 Å². The lowest BCUT2D eigenvalue weighted by atomic mass is 9.74. The van der Waals surface area contributed by atoms with Crippen LogP contribution < -0.4 is 4.90 Å². The zero-order valence-electron chi connectivity index (χ0n) is 14.2. The van der Waals surface area contributed by atoms with Gasteiger partial charge >= 0.3 is 6.09 Å². The first-order valence-corrected chi connectivity index (χ1v) is 8.81. The van der Waals surface area contributed by atoms with E-state index in [4.69, 9.17) is 0 Å². The van der Waals surface area contributed by atoms with E-state index < -0.39 is 6.09 Å². The first kappa shape index (κ1) is 15.2. The Hall–Kier alpha value is -3.09. The lowest BCUT2D eigenvalue weighted by molar-refractivity contribution is 0.119. The van der Waals surface area contributed by atoms with E-state index in [-0.39, 0.29) is 5.41 Å². The predicted octanol–water partition coefficient (Wildman–Crippen LogP) is 3.12. The van der Waals surface area contributed by atoms with Crippen molar-refractivity contribution in [1.29, 1.82) is 0 Å². The SMILES string of the molecule is O=C(O)N1CCC2(CC1)CN(c1ncnc3[nH]ccc13)c1ccccc12. The van der Waals surface area contributed by atoms with Crippen LogP contribution in [0, 0.1) is 0 Å². The predicted molar refractivity (Wildman–Crippen MR) is 97.8 cm³/mol. The van der Waals surface area contributed by atoms with Gasteiger partial charge in [0.05, 0.1) is 5.39 Å². The number of nitrogens with zero attached hydrogens (tertiary/aromatic N) is 4. The Morgan fingerprint density at radius 3 is 2.77 bits per heavy atom. The van der Waals surface area contributed by atoms with Gasteiger partial charge in [-0.25, -0.2) is 14.8 Å². The zero-order valence-corrected chi connectivity index (χ0v) is 14.2. The van der Waals surface area contributed by atoms with E-state index in [2.05, 4.69) is 38.1 Å². The van der Waals surface area contributed by atoms with Crippen LogP contribution in [0.25, 0.3) is 11.0 Å². The number of carboxylic acid groups (broad SMARTS) is 1. The molecule has 2 aliphatic heterocycles. The van der Waals surface area contributed by atoms with Crippen molar-refractivity contribution in [3.05, 3.63) is 48.4 Å². The number of piperidine rings is 1. The number of fused-ring (bicyclic) bond motifs is 3. The second-order valence-corrected chi connectivity index (χ2v) is 7.09. The fourth-order valence-electron chi connectivity index (χ4n) is 4.45. The van der Waals surface area contributed by atoms with Crippen LogP contribution in [0.3, 0.4) is 0 Å². The van der Waals surface area contributed by atoms with E-state index in [1.54, 1.807) is 6.33 Å². The van der Waals surface area contributed by atoms with Crippen LogP contribution in [0.15, 0.2) is 42.9 Å². The van der Waals surface area contributed by atoms with Gasteiger partial charge in [0.15, 0.2) is 0 Å². The molecule has 5 rings (SSSR count). The molecule has 7 nitrogen and oxygen atoms in total. The summed E-state index contributed by atoms with van der Waals surface area (Å²) >= 11 is 0. The van der Waals surface area contributed by atoms with Gasteiger partial charge in [0.1, 0.15) is 17.8 Å². The summed E-state index contributed by atoms with van der Waals surface area (Å²) < 4.78 is 0. The van der Waals surface area contributed by atoms with Crippen molar-refractivity contribution < 1.29 is 9.90 Å². The van der Waals surface area contributed by atoms with Crippen molar-refractivity contribution in [2.75, 3.05) is 24.5 Å². The fourth-order valence-corrected chi connectivity index (χ4v) is 4.45. The first-order chi connectivity index (χ1) is 12.7. The molecule has 2 N–H and O–H groups in total. The lowest BCUT2D eigenvalue weighted by Gasteiger charge is -2.38. The molecule has 1 fully saturated rings. The van der Waals surface area contributed by atoms with Gasteiger partial charge in [0.2, 0.25) is 0 Å². The topological polar surface area (TPSA) is 85.3 Å². The van der Waals surface area contributed by atoms with Gasteiger partial charge in [-0.2, -0.15) is 0 Å². The number of nitrogens with one attached hydrogen (secondary N) is 1. The molecule has 3 aromatic rings. The minimum atomic E-state index is -0.826. The third-order valence-electron chi connectivity index (χ3n) is 5.81. The summed E-state index contributed by atoms with van der Waals surface area (Å²) in [5.41, 5.74) is 3.26. The Morgan fingerprint density at radius 2 is 1.96 bits per heavy atom. The Balaban J connectivity index is 1.58. The molecule has 26 heavy (non-hydrogen) atoms. The highest BCUT2D eigenvalue weighted by atomic mass is 16.4. The zero-order chi connectivity index (χ0) is 17.7. The van der Waals surface area contributed by atoms with Crippen LogP contribution in [-0.4, -0.2) is 50.7 Å². The maximum atomic E-state index is 11.3. The molecule has 132 valence electrons. The van der Waals surface area contributed by atoms with Gasteiger partial charge in [-0.1, -0.05) is 18.2 Å². The summed E-state index contributed by atoms with van der Waals surface area (Å²) in [6.45, 7) is 1.96. The molecule has 2 aliphatic rings. The third-order valence-corrected chi connectivity index (χ3v) is 5.81. The Morgan fingerprint density at radius 1 is 1.15 bits per heavy atom. The van der Waals surface area contributed by atoms with Gasteiger partial charge in [-0.3, -0.25) is 0 Å². The molecule has 1 saturated heterocycles. The standard InChI is InChI=1S/C19H19N5O2/c25-18(26)23-9-6-19(7-10-23)11-24(15-4-2-1-3-14(15)19)17-13-5-8-20-16(13)21-12-22-17/h1-5,8,12H,6-7,9-11H2,(H,25,26)(H,20,21,22). The number of benzene rings is 1. The summed E-state index contributed by atoms with van der Waals surface area (Å²) in [6, 6.07) is 10.4. The maximum absolute atomic E-state index is 11.3. The second-order valence-electron chi connectivity index (χ2n) is 7.09. The smallest absolute Gasteiger partial charge is 0.407 e. The van der Waals surface area contributed by atoms with Crippen LogP contribution in [0.4, 0.5) is 16.3 Å². The number of rotatable bonds is 1. The quantitative estimate of drug-likeness (QED) is 0.705. The van der Waals surface area contributed by atoms with Crippen molar-refractivity contribution in [3.8, 4) is 0 Å². The second kappa shape index (κ2) is 5.45. The fraction of sp³-hybridized carbons (Fsp3) is 0.316. The number of likely N-dealkylation sites (tertiary alicyclic amines) is 1. The Bertz CT molecular complexity index is 990. The lowest BCUT2D eigenvalue weighted by Crippen LogP contribution is -2.46. The maximum Gasteiger partial charge on any atom is 0.407 e. The number of H-pyrrole nitrogens is 1. The van der Waals surface area contributed by atoms with E-state index >= 15 is 0 Å². The normalized spacial score (nSPS) is 18.5. The van der Waals surface area contributed by atoms with Crippen LogP contribution in [0.2, 0.25) is 0 Å². The summed E-state index contributed by atoms with van der Waals surface area (Å²) in [7, 11) is 0. The molecule has 4 heterocycles. The van der Waals surface area contributed by atoms with Gasteiger partial charge < -0.3 is 19.9 Å². The summed E-state index contributed by atoms with van der Waals surface area (Å²) in [6.07, 6.45) is 4.30. The molecule has 0 atom stereocenters. The van der Waals surface area contributed by atoms with Crippen LogP contribution >= 0.6 is 0 Å². The number of carbonyl (C=O) groups is 1. The molecule has 7 heteroatoms. The highest BCUT2D eigenvalue weighted by Crippen LogP contribution is 2.49. The monoisotopic (exact) mass is 349 g/mol. The van der Waals surface area contributed by atoms with Gasteiger partial charge in [0.25, 0.3) is 0 Å². The number of hydrogen-bond donors (Lipinski definition) is 2. The number of amides is 1. The van der Waals surface area contributed by atoms with Crippen LogP contribution in [0.1, 0.15) is 18.4 Å². The van der Waals surface area contributed by atoms with Crippen molar-refractivity contribution in [3.63, 3.8) is 0 Å². The number of anilines is 2. The largest absolute Gasteiger partial charge is 0.465 e. The third kappa shape index (κ3) is 2.09. The first-order valence-electron chi connectivity index (χ1n) is 8.81. The minimum Gasteiger partial charge on any atom is -0.465 e. The summed E-state index contributed by atoms with van der Waals surface area (Å²) in [5.74, 6) is 0.904. The number of aromatic amines is 1. The van der Waals surface area contributed by atoms with E-state index in [1.165, 1.54) is 10.5 Å². The van der Waals surface area contributed by atoms with E-state index in [0.717, 1.165) is 41.9 Å². The average molecular weight is 349 g/mol. The number of hydrogen-bond acceptors (Lipinski definition) is 4. The van der Waals surface area contributed by atoms with Gasteiger partial charge in [0, 0.05) is 36.9 Å². The molecule has 1 aromatic carbocycles. The molecule has 1 spiro atoms. The Kier molecular flexibility index (Phi) is 3.19. The molecule has 0 aliphatic carbocycles. The van der Waals surface area contributed by atoms with E-state index in [1.807, 2.05) is 18.3 Å².